The second kappa shape index (κ2) is 8.17. The van der Waals surface area contributed by atoms with Gasteiger partial charge in [-0.05, 0) is 48.5 Å². The van der Waals surface area contributed by atoms with Gasteiger partial charge in [0.15, 0.2) is 0 Å². The molecule has 7 nitrogen and oxygen atoms in total. The number of esters is 1. The Labute approximate surface area is 145 Å². The first-order chi connectivity index (χ1) is 11.9. The standard InChI is InChI=1S/C17H16N2O5S/c1-23-17(20)10-11-24-15-6-4-14(5-7-15)19-25(21,22)16-8-2-13(12-18)3-9-16/h2-9,19H,10-11H2,1H3. The third-order valence-corrected chi connectivity index (χ3v) is 4.60. The Bertz CT molecular complexity index is 869. The summed E-state index contributed by atoms with van der Waals surface area (Å²) in [6, 6.07) is 13.8. The first-order valence-corrected chi connectivity index (χ1v) is 8.75. The molecule has 25 heavy (non-hydrogen) atoms. The van der Waals surface area contributed by atoms with Crippen molar-refractivity contribution in [3.63, 3.8) is 0 Å². The number of sulfonamides is 1. The maximum atomic E-state index is 12.3. The number of rotatable bonds is 7. The van der Waals surface area contributed by atoms with Crippen molar-refractivity contribution in [2.24, 2.45) is 0 Å². The predicted octanol–water partition coefficient (Wildman–Crippen LogP) is 2.30. The lowest BCUT2D eigenvalue weighted by Crippen LogP contribution is -2.13. The van der Waals surface area contributed by atoms with Gasteiger partial charge in [0.2, 0.25) is 0 Å². The number of benzene rings is 2. The molecule has 130 valence electrons. The van der Waals surface area contributed by atoms with Crippen molar-refractivity contribution in [3.8, 4) is 11.8 Å². The SMILES string of the molecule is COC(=O)CCOc1ccc(NS(=O)(=O)c2ccc(C#N)cc2)cc1. The summed E-state index contributed by atoms with van der Waals surface area (Å²) >= 11 is 0. The van der Waals surface area contributed by atoms with E-state index in [4.69, 9.17) is 10.00 Å². The van der Waals surface area contributed by atoms with E-state index in [9.17, 15) is 13.2 Å². The largest absolute Gasteiger partial charge is 0.493 e. The van der Waals surface area contributed by atoms with Gasteiger partial charge < -0.3 is 9.47 Å². The maximum Gasteiger partial charge on any atom is 0.308 e. The van der Waals surface area contributed by atoms with Gasteiger partial charge in [0, 0.05) is 5.69 Å². The smallest absolute Gasteiger partial charge is 0.308 e. The van der Waals surface area contributed by atoms with Crippen LogP contribution < -0.4 is 9.46 Å². The highest BCUT2D eigenvalue weighted by Crippen LogP contribution is 2.20. The zero-order chi connectivity index (χ0) is 18.3. The third kappa shape index (κ3) is 5.22. The highest BCUT2D eigenvalue weighted by atomic mass is 32.2. The Hall–Kier alpha value is -3.05. The van der Waals surface area contributed by atoms with E-state index in [2.05, 4.69) is 9.46 Å². The van der Waals surface area contributed by atoms with E-state index in [1.54, 1.807) is 24.3 Å². The number of nitriles is 1. The summed E-state index contributed by atoms with van der Waals surface area (Å²) in [5.74, 6) is 0.136. The zero-order valence-electron chi connectivity index (χ0n) is 13.4. The monoisotopic (exact) mass is 360 g/mol. The fraction of sp³-hybridized carbons (Fsp3) is 0.176. The fourth-order valence-electron chi connectivity index (χ4n) is 1.90. The summed E-state index contributed by atoms with van der Waals surface area (Å²) in [4.78, 5) is 11.1. The molecule has 8 heteroatoms. The van der Waals surface area contributed by atoms with E-state index in [-0.39, 0.29) is 23.9 Å². The molecule has 0 aliphatic rings. The van der Waals surface area contributed by atoms with E-state index in [1.165, 1.54) is 31.4 Å². The molecule has 2 rings (SSSR count). The number of hydrogen-bond acceptors (Lipinski definition) is 6. The summed E-state index contributed by atoms with van der Waals surface area (Å²) in [5.41, 5.74) is 0.747. The van der Waals surface area contributed by atoms with Gasteiger partial charge in [-0.25, -0.2) is 8.42 Å². The van der Waals surface area contributed by atoms with E-state index in [1.807, 2.05) is 6.07 Å². The topological polar surface area (TPSA) is 105 Å². The molecule has 2 aromatic carbocycles. The van der Waals surface area contributed by atoms with Crippen molar-refractivity contribution >= 4 is 21.7 Å². The molecule has 0 atom stereocenters. The normalized spacial score (nSPS) is 10.6. The molecular weight excluding hydrogens is 344 g/mol. The summed E-state index contributed by atoms with van der Waals surface area (Å²) in [5, 5.41) is 8.75. The van der Waals surface area contributed by atoms with Gasteiger partial charge in [0.1, 0.15) is 5.75 Å². The molecule has 0 aliphatic carbocycles. The predicted molar refractivity (Wildman–Crippen MR) is 90.5 cm³/mol. The van der Waals surface area contributed by atoms with E-state index >= 15 is 0 Å². The minimum atomic E-state index is -3.74. The van der Waals surface area contributed by atoms with Crippen LogP contribution in [0.1, 0.15) is 12.0 Å². The van der Waals surface area contributed by atoms with Gasteiger partial charge in [-0.1, -0.05) is 0 Å². The van der Waals surface area contributed by atoms with Crippen LogP contribution in [0, 0.1) is 11.3 Å². The van der Waals surface area contributed by atoms with Crippen LogP contribution in [0.15, 0.2) is 53.4 Å². The highest BCUT2D eigenvalue weighted by molar-refractivity contribution is 7.92. The first kappa shape index (κ1) is 18.3. The van der Waals surface area contributed by atoms with Gasteiger partial charge >= 0.3 is 5.97 Å². The fourth-order valence-corrected chi connectivity index (χ4v) is 2.95. The maximum absolute atomic E-state index is 12.3. The number of nitrogens with zero attached hydrogens (tertiary/aromatic N) is 1. The minimum Gasteiger partial charge on any atom is -0.493 e. The molecule has 1 N–H and O–H groups in total. The minimum absolute atomic E-state index is 0.0601. The summed E-state index contributed by atoms with van der Waals surface area (Å²) in [7, 11) is -2.44. The molecule has 0 saturated heterocycles. The Kier molecular flexibility index (Phi) is 5.98. The number of carbonyl (C=O) groups is 1. The third-order valence-electron chi connectivity index (χ3n) is 3.20. The Balaban J connectivity index is 1.99. The number of hydrogen-bond donors (Lipinski definition) is 1. The van der Waals surface area contributed by atoms with Gasteiger partial charge in [-0.2, -0.15) is 5.26 Å². The molecular formula is C17H16N2O5S. The van der Waals surface area contributed by atoms with Gasteiger partial charge in [-0.3, -0.25) is 9.52 Å². The van der Waals surface area contributed by atoms with Crippen molar-refractivity contribution in [1.29, 1.82) is 5.26 Å². The molecule has 0 radical (unpaired) electrons. The van der Waals surface area contributed by atoms with Crippen molar-refractivity contribution in [2.75, 3.05) is 18.4 Å². The number of carbonyl (C=O) groups excluding carboxylic acids is 1. The number of nitrogens with one attached hydrogen (secondary N) is 1. The molecule has 0 unspecified atom stereocenters. The van der Waals surface area contributed by atoms with Crippen LogP contribution >= 0.6 is 0 Å². The molecule has 0 bridgehead atoms. The second-order valence-electron chi connectivity index (χ2n) is 4.94. The van der Waals surface area contributed by atoms with E-state index in [0.717, 1.165) is 0 Å². The van der Waals surface area contributed by atoms with Gasteiger partial charge in [0.25, 0.3) is 10.0 Å². The lowest BCUT2D eigenvalue weighted by molar-refractivity contribution is -0.141. The molecule has 0 heterocycles. The van der Waals surface area contributed by atoms with Crippen molar-refractivity contribution < 1.29 is 22.7 Å². The molecule has 0 aromatic heterocycles. The number of ether oxygens (including phenoxy) is 2. The quantitative estimate of drug-likeness (QED) is 0.760. The molecule has 0 spiro atoms. The van der Waals surface area contributed by atoms with E-state index in [0.29, 0.717) is 17.0 Å². The summed E-state index contributed by atoms with van der Waals surface area (Å²) < 4.78 is 36.9. The molecule has 0 fully saturated rings. The van der Waals surface area contributed by atoms with Gasteiger partial charge in [0.05, 0.1) is 36.7 Å². The Morgan fingerprint density at radius 2 is 1.76 bits per heavy atom. The highest BCUT2D eigenvalue weighted by Gasteiger charge is 2.14. The molecule has 0 amide bonds. The Morgan fingerprint density at radius 3 is 2.32 bits per heavy atom. The second-order valence-corrected chi connectivity index (χ2v) is 6.62. The average molecular weight is 360 g/mol. The van der Waals surface area contributed by atoms with Crippen LogP contribution in [0.4, 0.5) is 5.69 Å². The molecule has 2 aromatic rings. The molecule has 0 aliphatic heterocycles. The van der Waals surface area contributed by atoms with Crippen molar-refractivity contribution in [1.82, 2.24) is 0 Å². The molecule has 0 saturated carbocycles. The Morgan fingerprint density at radius 1 is 1.12 bits per heavy atom. The van der Waals surface area contributed by atoms with Crippen LogP contribution in [-0.4, -0.2) is 28.1 Å². The van der Waals surface area contributed by atoms with Gasteiger partial charge in [-0.15, -0.1) is 0 Å². The van der Waals surface area contributed by atoms with Crippen molar-refractivity contribution in [3.05, 3.63) is 54.1 Å². The van der Waals surface area contributed by atoms with Crippen LogP contribution in [-0.2, 0) is 19.6 Å². The zero-order valence-corrected chi connectivity index (χ0v) is 14.2. The van der Waals surface area contributed by atoms with Crippen LogP contribution in [0.2, 0.25) is 0 Å². The summed E-state index contributed by atoms with van der Waals surface area (Å²) in [6.07, 6.45) is 0.129. The number of methoxy groups -OCH3 is 1. The van der Waals surface area contributed by atoms with Crippen LogP contribution in [0.3, 0.4) is 0 Å². The van der Waals surface area contributed by atoms with Crippen LogP contribution in [0.5, 0.6) is 5.75 Å². The van der Waals surface area contributed by atoms with Crippen molar-refractivity contribution in [2.45, 2.75) is 11.3 Å². The average Bonchev–Trinajstić information content (AvgIpc) is 2.62. The van der Waals surface area contributed by atoms with E-state index < -0.39 is 10.0 Å². The summed E-state index contributed by atoms with van der Waals surface area (Å²) in [6.45, 7) is 0.170. The first-order valence-electron chi connectivity index (χ1n) is 7.27. The number of anilines is 1. The van der Waals surface area contributed by atoms with Crippen LogP contribution in [0.25, 0.3) is 0 Å². The lowest BCUT2D eigenvalue weighted by Gasteiger charge is -2.10. The lowest BCUT2D eigenvalue weighted by atomic mass is 10.2.